The number of alkyl halides is 3. The van der Waals surface area contributed by atoms with Gasteiger partial charge in [-0.1, -0.05) is 11.6 Å². The average molecular weight is 503 g/mol. The van der Waals surface area contributed by atoms with Gasteiger partial charge in [0.2, 0.25) is 0 Å². The Morgan fingerprint density at radius 3 is 2.68 bits per heavy atom. The first-order valence-electron chi connectivity index (χ1n) is 10.4. The van der Waals surface area contributed by atoms with Crippen LogP contribution in [-0.4, -0.2) is 66.1 Å². The van der Waals surface area contributed by atoms with Crippen molar-refractivity contribution in [2.24, 2.45) is 5.10 Å². The highest BCUT2D eigenvalue weighted by molar-refractivity contribution is 6.31. The van der Waals surface area contributed by atoms with Crippen molar-refractivity contribution in [3.63, 3.8) is 0 Å². The number of amides is 3. The van der Waals surface area contributed by atoms with Crippen LogP contribution in [0.5, 0.6) is 0 Å². The van der Waals surface area contributed by atoms with E-state index in [1.54, 1.807) is 26.0 Å². The van der Waals surface area contributed by atoms with E-state index in [-0.39, 0.29) is 19.0 Å². The number of hydrazone groups is 1. The Bertz CT molecular complexity index is 980. The number of nitriles is 1. The average Bonchev–Trinajstić information content (AvgIpc) is 2.73. The second kappa shape index (κ2) is 11.9. The van der Waals surface area contributed by atoms with Crippen molar-refractivity contribution < 1.29 is 27.5 Å². The molecule has 0 radical (unpaired) electrons. The van der Waals surface area contributed by atoms with Gasteiger partial charge in [0.05, 0.1) is 12.5 Å². The molecule has 34 heavy (non-hydrogen) atoms. The summed E-state index contributed by atoms with van der Waals surface area (Å²) in [6, 6.07) is 4.35. The highest BCUT2D eigenvalue weighted by atomic mass is 35.5. The van der Waals surface area contributed by atoms with E-state index < -0.39 is 24.9 Å². The Balaban J connectivity index is 2.00. The molecule has 0 bridgehead atoms. The highest BCUT2D eigenvalue weighted by Crippen LogP contribution is 2.27. The normalized spacial score (nSPS) is 17.2. The van der Waals surface area contributed by atoms with E-state index in [1.165, 1.54) is 4.90 Å². The zero-order valence-corrected chi connectivity index (χ0v) is 19.8. The third-order valence-corrected chi connectivity index (χ3v) is 5.33. The molecule has 1 aromatic rings. The van der Waals surface area contributed by atoms with Crippen molar-refractivity contribution in [3.05, 3.63) is 28.3 Å². The Morgan fingerprint density at radius 1 is 1.35 bits per heavy atom. The molecular formula is C21H26ClF3N6O3. The minimum Gasteiger partial charge on any atom is -0.440 e. The number of ether oxygens (including phenoxy) is 1. The van der Waals surface area contributed by atoms with Crippen LogP contribution in [0.1, 0.15) is 31.4 Å². The standard InChI is InChI=1S/C21H26ClF3N6O3/c1-13(4-5-26)28-29-19(32)27-18-9-17(22)8-16(15(18)3)11-30-6-7-31(14(2)10-30)20(33)34-12-21(23,24)25/h8-9,14H,4,6-7,10-12H2,1-3H3,(H2,27,29,32)/b28-13+/t14-/m0/s1. The molecule has 3 amide bonds. The molecule has 1 atom stereocenters. The topological polar surface area (TPSA) is 110 Å². The van der Waals surface area contributed by atoms with Gasteiger partial charge < -0.3 is 15.0 Å². The van der Waals surface area contributed by atoms with Gasteiger partial charge in [-0.2, -0.15) is 23.5 Å². The maximum atomic E-state index is 12.3. The number of halogens is 4. The molecule has 1 fully saturated rings. The molecule has 1 heterocycles. The lowest BCUT2D eigenvalue weighted by molar-refractivity contribution is -0.163. The summed E-state index contributed by atoms with van der Waals surface area (Å²) in [6.45, 7) is 5.06. The second-order valence-corrected chi connectivity index (χ2v) is 8.37. The van der Waals surface area contributed by atoms with Gasteiger partial charge >= 0.3 is 18.3 Å². The molecule has 0 spiro atoms. The number of hydrogen-bond acceptors (Lipinski definition) is 6. The van der Waals surface area contributed by atoms with Crippen molar-refractivity contribution in [3.8, 4) is 6.07 Å². The first-order valence-corrected chi connectivity index (χ1v) is 10.8. The summed E-state index contributed by atoms with van der Waals surface area (Å²) in [5.74, 6) is 0. The smallest absolute Gasteiger partial charge is 0.422 e. The number of benzene rings is 1. The third-order valence-electron chi connectivity index (χ3n) is 5.11. The number of hydrogen-bond donors (Lipinski definition) is 2. The van der Waals surface area contributed by atoms with Gasteiger partial charge in [0.15, 0.2) is 6.61 Å². The number of nitrogens with one attached hydrogen (secondary N) is 2. The lowest BCUT2D eigenvalue weighted by Gasteiger charge is -2.39. The SMILES string of the molecule is C/C(CC#N)=N\NC(=O)Nc1cc(Cl)cc(CN2CCN(C(=O)OCC(F)(F)F)[C@@H](C)C2)c1C. The van der Waals surface area contributed by atoms with E-state index in [4.69, 9.17) is 16.9 Å². The molecule has 1 aliphatic heterocycles. The number of carbonyl (C=O) groups excluding carboxylic acids is 2. The van der Waals surface area contributed by atoms with Crippen molar-refractivity contribution >= 4 is 35.1 Å². The molecule has 0 unspecified atom stereocenters. The summed E-state index contributed by atoms with van der Waals surface area (Å²) in [6.07, 6.45) is -5.48. The van der Waals surface area contributed by atoms with Crippen LogP contribution >= 0.6 is 11.6 Å². The zero-order chi connectivity index (χ0) is 25.5. The van der Waals surface area contributed by atoms with Crippen LogP contribution in [0.15, 0.2) is 17.2 Å². The van der Waals surface area contributed by atoms with Crippen molar-refractivity contribution in [1.29, 1.82) is 5.26 Å². The monoisotopic (exact) mass is 502 g/mol. The third kappa shape index (κ3) is 8.39. The number of nitrogens with zero attached hydrogens (tertiary/aromatic N) is 4. The summed E-state index contributed by atoms with van der Waals surface area (Å²) in [5.41, 5.74) is 4.87. The van der Waals surface area contributed by atoms with Gasteiger partial charge in [-0.3, -0.25) is 4.90 Å². The number of anilines is 1. The summed E-state index contributed by atoms with van der Waals surface area (Å²) in [5, 5.41) is 15.5. The van der Waals surface area contributed by atoms with E-state index in [0.717, 1.165) is 11.1 Å². The molecule has 2 N–H and O–H groups in total. The molecule has 0 aromatic heterocycles. The molecule has 13 heteroatoms. The maximum absolute atomic E-state index is 12.3. The fourth-order valence-electron chi connectivity index (χ4n) is 3.40. The van der Waals surface area contributed by atoms with E-state index in [1.807, 2.05) is 17.9 Å². The van der Waals surface area contributed by atoms with Crippen LogP contribution in [0, 0.1) is 18.3 Å². The second-order valence-electron chi connectivity index (χ2n) is 7.93. The number of piperazine rings is 1. The van der Waals surface area contributed by atoms with Crippen LogP contribution in [0.4, 0.5) is 28.4 Å². The Morgan fingerprint density at radius 2 is 2.06 bits per heavy atom. The Kier molecular flexibility index (Phi) is 9.52. The Hall–Kier alpha value is -3.04. The van der Waals surface area contributed by atoms with E-state index in [0.29, 0.717) is 36.1 Å². The van der Waals surface area contributed by atoms with Crippen LogP contribution in [0.2, 0.25) is 5.02 Å². The fourth-order valence-corrected chi connectivity index (χ4v) is 3.64. The summed E-state index contributed by atoms with van der Waals surface area (Å²) in [7, 11) is 0. The van der Waals surface area contributed by atoms with Gasteiger partial charge in [0.25, 0.3) is 0 Å². The lowest BCUT2D eigenvalue weighted by atomic mass is 10.0. The summed E-state index contributed by atoms with van der Waals surface area (Å²) in [4.78, 5) is 27.5. The molecule has 1 aliphatic rings. The van der Waals surface area contributed by atoms with Crippen LogP contribution < -0.4 is 10.7 Å². The highest BCUT2D eigenvalue weighted by Gasteiger charge is 2.33. The predicted molar refractivity (Wildman–Crippen MR) is 121 cm³/mol. The fraction of sp³-hybridized carbons (Fsp3) is 0.524. The van der Waals surface area contributed by atoms with E-state index in [9.17, 15) is 22.8 Å². The van der Waals surface area contributed by atoms with Crippen molar-refractivity contribution in [2.45, 2.75) is 46.0 Å². The molecule has 1 saturated heterocycles. The van der Waals surface area contributed by atoms with Gasteiger partial charge in [0.1, 0.15) is 0 Å². The van der Waals surface area contributed by atoms with E-state index in [2.05, 4.69) is 20.6 Å². The molecular weight excluding hydrogens is 477 g/mol. The number of rotatable bonds is 6. The molecule has 0 saturated carbocycles. The number of carbonyl (C=O) groups is 2. The quantitative estimate of drug-likeness (QED) is 0.446. The lowest BCUT2D eigenvalue weighted by Crippen LogP contribution is -2.54. The summed E-state index contributed by atoms with van der Waals surface area (Å²) < 4.78 is 41.3. The Labute approximate surface area is 200 Å². The zero-order valence-electron chi connectivity index (χ0n) is 19.0. The number of urea groups is 1. The van der Waals surface area contributed by atoms with Crippen LogP contribution in [0.3, 0.4) is 0 Å². The van der Waals surface area contributed by atoms with Gasteiger partial charge in [-0.15, -0.1) is 0 Å². The van der Waals surface area contributed by atoms with Gasteiger partial charge in [0, 0.05) is 48.6 Å². The molecule has 1 aromatic carbocycles. The largest absolute Gasteiger partial charge is 0.440 e. The van der Waals surface area contributed by atoms with Crippen LogP contribution in [0.25, 0.3) is 0 Å². The van der Waals surface area contributed by atoms with E-state index >= 15 is 0 Å². The van der Waals surface area contributed by atoms with Crippen molar-refractivity contribution in [2.75, 3.05) is 31.6 Å². The van der Waals surface area contributed by atoms with Gasteiger partial charge in [-0.25, -0.2) is 15.0 Å². The molecule has 0 aliphatic carbocycles. The molecule has 2 rings (SSSR count). The first kappa shape index (κ1) is 27.2. The van der Waals surface area contributed by atoms with Crippen LogP contribution in [-0.2, 0) is 11.3 Å². The first-order chi connectivity index (χ1) is 15.9. The minimum atomic E-state index is -4.57. The predicted octanol–water partition coefficient (Wildman–Crippen LogP) is 4.26. The minimum absolute atomic E-state index is 0.0896. The maximum Gasteiger partial charge on any atom is 0.422 e. The van der Waals surface area contributed by atoms with Crippen molar-refractivity contribution in [1.82, 2.24) is 15.2 Å². The summed E-state index contributed by atoms with van der Waals surface area (Å²) >= 11 is 6.24. The molecule has 186 valence electrons. The molecule has 9 nitrogen and oxygen atoms in total. The van der Waals surface area contributed by atoms with Gasteiger partial charge in [-0.05, 0) is 44.0 Å².